The molecular weight excluding hydrogens is 540 g/mol. The topological polar surface area (TPSA) is 114 Å². The molecule has 9 nitrogen and oxygen atoms in total. The van der Waals surface area contributed by atoms with Crippen molar-refractivity contribution in [3.05, 3.63) is 70.8 Å². The lowest BCUT2D eigenvalue weighted by Crippen LogP contribution is -2.54. The fourth-order valence-electron chi connectivity index (χ4n) is 5.38. The Labute approximate surface area is 234 Å². The minimum atomic E-state index is -3.79. The molecule has 0 aliphatic carbocycles. The summed E-state index contributed by atoms with van der Waals surface area (Å²) in [5.41, 5.74) is 2.93. The molecule has 39 heavy (non-hydrogen) atoms. The molecule has 1 aromatic carbocycles. The number of rotatable bonds is 7. The van der Waals surface area contributed by atoms with E-state index < -0.39 is 34.1 Å². The number of nitrogens with zero attached hydrogens (tertiary/aromatic N) is 3. The Bertz CT molecular complexity index is 1440. The van der Waals surface area contributed by atoms with E-state index in [0.717, 1.165) is 22.2 Å². The van der Waals surface area contributed by atoms with Crippen LogP contribution in [0.5, 0.6) is 0 Å². The number of H-pyrrole nitrogens is 1. The Balaban J connectivity index is 1.76. The number of sulfonamides is 1. The number of aliphatic hydroxyl groups is 1. The lowest BCUT2D eigenvalue weighted by molar-refractivity contribution is -0.145. The van der Waals surface area contributed by atoms with Gasteiger partial charge in [-0.15, -0.1) is 11.6 Å². The molecule has 0 bridgehead atoms. The minimum Gasteiger partial charge on any atom is -0.393 e. The zero-order valence-electron chi connectivity index (χ0n) is 22.4. The van der Waals surface area contributed by atoms with Gasteiger partial charge in [-0.1, -0.05) is 36.9 Å². The SMILES string of the molecule is C=C(/C=C\C(=C/C)S(=O)(=O)N1CCC(O)CC1)[C@H]1c2[nH]c3ccccc3c2C[C@H](C(=O)N(C)C)N1C(=O)CCl. The largest absolute Gasteiger partial charge is 0.393 e. The number of para-hydroxylation sites is 1. The van der Waals surface area contributed by atoms with E-state index in [1.54, 1.807) is 27.1 Å². The number of nitrogens with one attached hydrogen (secondary N) is 1. The molecule has 210 valence electrons. The summed E-state index contributed by atoms with van der Waals surface area (Å²) in [5, 5.41) is 10.7. The fourth-order valence-corrected chi connectivity index (χ4v) is 7.05. The first-order valence-electron chi connectivity index (χ1n) is 12.9. The summed E-state index contributed by atoms with van der Waals surface area (Å²) in [6.45, 7) is 6.35. The standard InChI is InChI=1S/C28H35ClN4O5S/c1-5-20(39(37,38)32-14-12-19(34)13-15-32)11-10-18(2)27-26-22(21-8-6-7-9-23(21)30-26)16-24(28(36)31(3)4)33(27)25(35)17-29/h5-11,19,24,27,30,34H,2,12-17H2,1,3-4H3/b11-10-,20-5+/t24-,27+/m1/s1. The van der Waals surface area contributed by atoms with E-state index in [9.17, 15) is 23.1 Å². The third-order valence-electron chi connectivity index (χ3n) is 7.42. The number of carbonyl (C=O) groups is 2. The first-order chi connectivity index (χ1) is 18.5. The van der Waals surface area contributed by atoms with E-state index in [2.05, 4.69) is 11.6 Å². The molecule has 2 aliphatic rings. The number of halogens is 1. The van der Waals surface area contributed by atoms with Gasteiger partial charge in [0.15, 0.2) is 0 Å². The molecule has 1 fully saturated rings. The average Bonchev–Trinajstić information content (AvgIpc) is 3.29. The second-order valence-electron chi connectivity index (χ2n) is 10.1. The van der Waals surface area contributed by atoms with Gasteiger partial charge in [0.05, 0.1) is 17.1 Å². The predicted octanol–water partition coefficient (Wildman–Crippen LogP) is 3.09. The number of hydrogen-bond donors (Lipinski definition) is 2. The Morgan fingerprint density at radius 2 is 1.87 bits per heavy atom. The van der Waals surface area contributed by atoms with E-state index in [4.69, 9.17) is 11.6 Å². The number of piperidine rings is 1. The number of carbonyl (C=O) groups excluding carboxylic acids is 2. The second-order valence-corrected chi connectivity index (χ2v) is 12.3. The molecule has 0 saturated carbocycles. The number of benzene rings is 1. The van der Waals surface area contributed by atoms with Crippen molar-refractivity contribution >= 4 is 44.3 Å². The Hall–Kier alpha value is -2.92. The Morgan fingerprint density at radius 3 is 2.49 bits per heavy atom. The van der Waals surface area contributed by atoms with Crippen LogP contribution < -0.4 is 0 Å². The van der Waals surface area contributed by atoms with Crippen LogP contribution in [0.15, 0.2) is 59.6 Å². The third-order valence-corrected chi connectivity index (χ3v) is 9.66. The van der Waals surface area contributed by atoms with E-state index >= 15 is 0 Å². The van der Waals surface area contributed by atoms with Crippen molar-refractivity contribution in [1.29, 1.82) is 0 Å². The summed E-state index contributed by atoms with van der Waals surface area (Å²) in [4.78, 5) is 33.0. The molecular formula is C28H35ClN4O5S. The quantitative estimate of drug-likeness (QED) is 0.390. The van der Waals surface area contributed by atoms with Crippen LogP contribution in [0.1, 0.15) is 37.1 Å². The molecule has 4 rings (SSSR count). The number of fused-ring (bicyclic) bond motifs is 3. The van der Waals surface area contributed by atoms with Gasteiger partial charge < -0.3 is 19.9 Å². The number of aliphatic hydroxyl groups excluding tert-OH is 1. The van der Waals surface area contributed by atoms with E-state index in [1.165, 1.54) is 26.3 Å². The Morgan fingerprint density at radius 1 is 1.21 bits per heavy atom. The van der Waals surface area contributed by atoms with Crippen LogP contribution in [0.2, 0.25) is 0 Å². The van der Waals surface area contributed by atoms with Crippen molar-refractivity contribution < 1.29 is 23.1 Å². The van der Waals surface area contributed by atoms with Crippen molar-refractivity contribution in [2.75, 3.05) is 33.1 Å². The number of allylic oxidation sites excluding steroid dienone is 2. The molecule has 2 atom stereocenters. The fraction of sp³-hybridized carbons (Fsp3) is 0.429. The van der Waals surface area contributed by atoms with Gasteiger partial charge in [-0.3, -0.25) is 9.59 Å². The lowest BCUT2D eigenvalue weighted by Gasteiger charge is -2.42. The summed E-state index contributed by atoms with van der Waals surface area (Å²) in [7, 11) is -0.506. The highest BCUT2D eigenvalue weighted by Gasteiger charge is 2.43. The zero-order chi connectivity index (χ0) is 28.5. The maximum Gasteiger partial charge on any atom is 0.245 e. The van der Waals surface area contributed by atoms with E-state index in [-0.39, 0.29) is 29.8 Å². The van der Waals surface area contributed by atoms with Gasteiger partial charge >= 0.3 is 0 Å². The molecule has 3 heterocycles. The van der Waals surface area contributed by atoms with E-state index in [1.807, 2.05) is 24.3 Å². The van der Waals surface area contributed by atoms with Gasteiger partial charge in [0.25, 0.3) is 0 Å². The number of likely N-dealkylation sites (N-methyl/N-ethyl adjacent to an activating group) is 1. The first-order valence-corrected chi connectivity index (χ1v) is 14.9. The van der Waals surface area contributed by atoms with Crippen LogP contribution >= 0.6 is 11.6 Å². The normalized spacial score (nSPS) is 21.4. The number of alkyl halides is 1. The molecule has 2 amide bonds. The van der Waals surface area contributed by atoms with Crippen LogP contribution in [0, 0.1) is 0 Å². The molecule has 2 N–H and O–H groups in total. The Kier molecular flexibility index (Phi) is 8.70. The predicted molar refractivity (Wildman–Crippen MR) is 153 cm³/mol. The van der Waals surface area contributed by atoms with Crippen LogP contribution in [0.4, 0.5) is 0 Å². The van der Waals surface area contributed by atoms with Gasteiger partial charge in [0.1, 0.15) is 11.9 Å². The zero-order valence-corrected chi connectivity index (χ0v) is 24.0. The summed E-state index contributed by atoms with van der Waals surface area (Å²) in [6.07, 6.45) is 5.15. The van der Waals surface area contributed by atoms with Crippen LogP contribution in [0.25, 0.3) is 10.9 Å². The van der Waals surface area contributed by atoms with Crippen molar-refractivity contribution in [3.8, 4) is 0 Å². The van der Waals surface area contributed by atoms with Gasteiger partial charge in [0, 0.05) is 50.2 Å². The summed E-state index contributed by atoms with van der Waals surface area (Å²) >= 11 is 6.03. The average molecular weight is 575 g/mol. The van der Waals surface area contributed by atoms with Gasteiger partial charge in [-0.2, -0.15) is 4.31 Å². The number of aromatic amines is 1. The summed E-state index contributed by atoms with van der Waals surface area (Å²) in [6, 6.07) is 6.15. The molecule has 0 spiro atoms. The highest BCUT2D eigenvalue weighted by atomic mass is 35.5. The van der Waals surface area contributed by atoms with E-state index in [0.29, 0.717) is 24.8 Å². The molecule has 0 unspecified atom stereocenters. The van der Waals surface area contributed by atoms with Gasteiger partial charge in [-0.05, 0) is 43.0 Å². The van der Waals surface area contributed by atoms with Gasteiger partial charge in [-0.25, -0.2) is 8.42 Å². The second kappa shape index (κ2) is 11.7. The maximum absolute atomic E-state index is 13.3. The molecule has 2 aromatic rings. The maximum atomic E-state index is 13.3. The number of hydrogen-bond acceptors (Lipinski definition) is 5. The van der Waals surface area contributed by atoms with Crippen molar-refractivity contribution in [1.82, 2.24) is 19.1 Å². The molecule has 2 aliphatic heterocycles. The molecule has 11 heteroatoms. The van der Waals surface area contributed by atoms with Crippen LogP contribution in [0.3, 0.4) is 0 Å². The van der Waals surface area contributed by atoms with Crippen molar-refractivity contribution in [2.24, 2.45) is 0 Å². The lowest BCUT2D eigenvalue weighted by atomic mass is 9.87. The molecule has 1 aromatic heterocycles. The number of amides is 2. The third kappa shape index (κ3) is 5.56. The smallest absolute Gasteiger partial charge is 0.245 e. The summed E-state index contributed by atoms with van der Waals surface area (Å²) in [5.74, 6) is -0.989. The van der Waals surface area contributed by atoms with Gasteiger partial charge in [0.2, 0.25) is 21.8 Å². The molecule has 1 saturated heterocycles. The highest BCUT2D eigenvalue weighted by molar-refractivity contribution is 7.93. The van der Waals surface area contributed by atoms with Crippen molar-refractivity contribution in [2.45, 2.75) is 44.4 Å². The van der Waals surface area contributed by atoms with Crippen LogP contribution in [-0.2, 0) is 26.0 Å². The monoisotopic (exact) mass is 574 g/mol. The number of aromatic nitrogens is 1. The summed E-state index contributed by atoms with van der Waals surface area (Å²) < 4.78 is 28.0. The first kappa shape index (κ1) is 29.1. The van der Waals surface area contributed by atoms with Crippen molar-refractivity contribution in [3.63, 3.8) is 0 Å². The molecule has 0 radical (unpaired) electrons. The minimum absolute atomic E-state index is 0.0869. The highest BCUT2D eigenvalue weighted by Crippen LogP contribution is 2.41. The van der Waals surface area contributed by atoms with Crippen LogP contribution in [-0.4, -0.2) is 89.6 Å².